The van der Waals surface area contributed by atoms with Crippen molar-refractivity contribution in [3.05, 3.63) is 63.9 Å². The predicted octanol–water partition coefficient (Wildman–Crippen LogP) is 3.17. The summed E-state index contributed by atoms with van der Waals surface area (Å²) in [7, 11) is -3.81. The van der Waals surface area contributed by atoms with Crippen LogP contribution in [-0.4, -0.2) is 55.5 Å². The third-order valence-electron chi connectivity index (χ3n) is 4.54. The summed E-state index contributed by atoms with van der Waals surface area (Å²) in [5.41, 5.74) is 0.232. The van der Waals surface area contributed by atoms with Crippen LogP contribution in [0.5, 0.6) is 0 Å². The number of benzene rings is 2. The normalized spacial score (nSPS) is 17.8. The minimum Gasteiger partial charge on any atom is -0.387 e. The molecule has 9 heteroatoms. The van der Waals surface area contributed by atoms with Crippen molar-refractivity contribution < 1.29 is 17.9 Å². The summed E-state index contributed by atoms with van der Waals surface area (Å²) in [6.07, 6.45) is -0.979. The van der Waals surface area contributed by atoms with Gasteiger partial charge in [0.25, 0.3) is 0 Å². The maximum atomic E-state index is 13.8. The van der Waals surface area contributed by atoms with E-state index in [1.807, 2.05) is 4.90 Å². The molecule has 0 aliphatic carbocycles. The molecule has 1 heterocycles. The fraction of sp³-hybridized carbons (Fsp3) is 0.333. The highest BCUT2D eigenvalue weighted by molar-refractivity contribution is 7.89. The van der Waals surface area contributed by atoms with Crippen LogP contribution in [0.15, 0.2) is 47.4 Å². The third kappa shape index (κ3) is 4.45. The molecular formula is C18H19Cl2FN2O3S. The number of piperazine rings is 1. The minimum absolute atomic E-state index is 0.0832. The Labute approximate surface area is 168 Å². The zero-order valence-corrected chi connectivity index (χ0v) is 16.7. The van der Waals surface area contributed by atoms with E-state index in [1.165, 1.54) is 22.5 Å². The molecule has 0 bridgehead atoms. The number of aliphatic hydroxyl groups excluding tert-OH is 1. The number of sulfonamides is 1. The first-order valence-corrected chi connectivity index (χ1v) is 10.6. The molecule has 1 aliphatic heterocycles. The van der Waals surface area contributed by atoms with Gasteiger partial charge in [-0.15, -0.1) is 0 Å². The molecule has 3 rings (SSSR count). The first-order valence-electron chi connectivity index (χ1n) is 8.39. The van der Waals surface area contributed by atoms with Crippen molar-refractivity contribution in [3.63, 3.8) is 0 Å². The molecule has 2 aromatic carbocycles. The van der Waals surface area contributed by atoms with Gasteiger partial charge in [0.05, 0.1) is 16.1 Å². The van der Waals surface area contributed by atoms with E-state index in [4.69, 9.17) is 23.2 Å². The SMILES string of the molecule is O=S(=O)(c1c(Cl)cccc1Cl)N1CCN(CC(O)c2ccccc2F)CC1. The summed E-state index contributed by atoms with van der Waals surface area (Å²) in [5.74, 6) is -0.459. The summed E-state index contributed by atoms with van der Waals surface area (Å²) < 4.78 is 40.8. The van der Waals surface area contributed by atoms with Gasteiger partial charge in [0.1, 0.15) is 10.7 Å². The minimum atomic E-state index is -3.81. The highest BCUT2D eigenvalue weighted by Crippen LogP contribution is 2.32. The van der Waals surface area contributed by atoms with Crippen molar-refractivity contribution >= 4 is 33.2 Å². The number of halogens is 3. The molecule has 0 aromatic heterocycles. The Balaban J connectivity index is 1.66. The van der Waals surface area contributed by atoms with E-state index in [1.54, 1.807) is 24.3 Å². The Morgan fingerprint density at radius 1 is 1.00 bits per heavy atom. The fourth-order valence-electron chi connectivity index (χ4n) is 3.10. The maximum Gasteiger partial charge on any atom is 0.246 e. The smallest absolute Gasteiger partial charge is 0.246 e. The van der Waals surface area contributed by atoms with E-state index in [2.05, 4.69) is 0 Å². The van der Waals surface area contributed by atoms with Gasteiger partial charge in [-0.1, -0.05) is 47.5 Å². The zero-order valence-electron chi connectivity index (χ0n) is 14.4. The molecule has 0 spiro atoms. The Bertz CT molecular complexity index is 898. The summed E-state index contributed by atoms with van der Waals surface area (Å²) in [6.45, 7) is 1.50. The van der Waals surface area contributed by atoms with Gasteiger partial charge >= 0.3 is 0 Å². The van der Waals surface area contributed by atoms with E-state index >= 15 is 0 Å². The first-order chi connectivity index (χ1) is 12.8. The molecule has 1 N–H and O–H groups in total. The lowest BCUT2D eigenvalue weighted by molar-refractivity contribution is 0.0898. The van der Waals surface area contributed by atoms with Gasteiger partial charge in [0.15, 0.2) is 0 Å². The number of nitrogens with zero attached hydrogens (tertiary/aromatic N) is 2. The molecule has 1 aliphatic rings. The van der Waals surface area contributed by atoms with Gasteiger partial charge in [0, 0.05) is 38.3 Å². The van der Waals surface area contributed by atoms with Crippen molar-refractivity contribution in [2.45, 2.75) is 11.0 Å². The van der Waals surface area contributed by atoms with E-state index in [-0.39, 0.29) is 40.1 Å². The Hall–Kier alpha value is -1.22. The molecule has 0 amide bonds. The third-order valence-corrected chi connectivity index (χ3v) is 7.40. The Morgan fingerprint density at radius 2 is 1.59 bits per heavy atom. The van der Waals surface area contributed by atoms with Crippen molar-refractivity contribution in [2.24, 2.45) is 0 Å². The highest BCUT2D eigenvalue weighted by Gasteiger charge is 2.32. The molecule has 5 nitrogen and oxygen atoms in total. The molecule has 1 saturated heterocycles. The van der Waals surface area contributed by atoms with E-state index < -0.39 is 21.9 Å². The van der Waals surface area contributed by atoms with Crippen molar-refractivity contribution in [3.8, 4) is 0 Å². The summed E-state index contributed by atoms with van der Waals surface area (Å²) in [4.78, 5) is 1.81. The van der Waals surface area contributed by atoms with Gasteiger partial charge in [0.2, 0.25) is 10.0 Å². The van der Waals surface area contributed by atoms with E-state index in [0.29, 0.717) is 13.1 Å². The number of rotatable bonds is 5. The molecule has 1 fully saturated rings. The second-order valence-corrected chi connectivity index (χ2v) is 8.98. The number of β-amino-alcohol motifs (C(OH)–C–C–N with tert-alkyl or cyclic N) is 1. The molecule has 2 aromatic rings. The van der Waals surface area contributed by atoms with Crippen LogP contribution >= 0.6 is 23.2 Å². The number of hydrogen-bond donors (Lipinski definition) is 1. The largest absolute Gasteiger partial charge is 0.387 e. The topological polar surface area (TPSA) is 60.9 Å². The highest BCUT2D eigenvalue weighted by atomic mass is 35.5. The summed E-state index contributed by atoms with van der Waals surface area (Å²) >= 11 is 12.1. The van der Waals surface area contributed by atoms with E-state index in [0.717, 1.165) is 0 Å². The monoisotopic (exact) mass is 432 g/mol. The van der Waals surface area contributed by atoms with Crippen LogP contribution in [0.4, 0.5) is 4.39 Å². The lowest BCUT2D eigenvalue weighted by Gasteiger charge is -2.35. The van der Waals surface area contributed by atoms with Gasteiger partial charge in [-0.05, 0) is 18.2 Å². The van der Waals surface area contributed by atoms with Crippen LogP contribution in [-0.2, 0) is 10.0 Å². The van der Waals surface area contributed by atoms with Crippen LogP contribution in [0.1, 0.15) is 11.7 Å². The van der Waals surface area contributed by atoms with Crippen LogP contribution < -0.4 is 0 Å². The number of aliphatic hydroxyl groups is 1. The molecule has 27 heavy (non-hydrogen) atoms. The van der Waals surface area contributed by atoms with Gasteiger partial charge in [-0.25, -0.2) is 12.8 Å². The van der Waals surface area contributed by atoms with Crippen LogP contribution in [0.25, 0.3) is 0 Å². The quantitative estimate of drug-likeness (QED) is 0.787. The van der Waals surface area contributed by atoms with Crippen molar-refractivity contribution in [1.29, 1.82) is 0 Å². The molecule has 146 valence electrons. The lowest BCUT2D eigenvalue weighted by atomic mass is 10.1. The summed E-state index contributed by atoms with van der Waals surface area (Å²) in [6, 6.07) is 10.6. The van der Waals surface area contributed by atoms with Gasteiger partial charge in [-0.3, -0.25) is 4.90 Å². The molecule has 1 unspecified atom stereocenters. The van der Waals surface area contributed by atoms with Crippen LogP contribution in [0, 0.1) is 5.82 Å². The standard InChI is InChI=1S/C18H19Cl2FN2O3S/c19-14-5-3-6-15(20)18(14)27(25,26)23-10-8-22(9-11-23)12-17(24)13-4-1-2-7-16(13)21/h1-7,17,24H,8-12H2. The van der Waals surface area contributed by atoms with Crippen molar-refractivity contribution in [2.75, 3.05) is 32.7 Å². The predicted molar refractivity (Wildman–Crippen MR) is 103 cm³/mol. The maximum absolute atomic E-state index is 13.8. The molecule has 0 saturated carbocycles. The van der Waals surface area contributed by atoms with Gasteiger partial charge < -0.3 is 5.11 Å². The number of hydrogen-bond acceptors (Lipinski definition) is 4. The van der Waals surface area contributed by atoms with Crippen LogP contribution in [0.2, 0.25) is 10.0 Å². The zero-order chi connectivity index (χ0) is 19.6. The van der Waals surface area contributed by atoms with Crippen molar-refractivity contribution in [1.82, 2.24) is 9.21 Å². The average molecular weight is 433 g/mol. The Morgan fingerprint density at radius 3 is 2.19 bits per heavy atom. The van der Waals surface area contributed by atoms with Crippen LogP contribution in [0.3, 0.4) is 0 Å². The lowest BCUT2D eigenvalue weighted by Crippen LogP contribution is -2.49. The van der Waals surface area contributed by atoms with E-state index in [9.17, 15) is 17.9 Å². The fourth-order valence-corrected chi connectivity index (χ4v) is 5.61. The second kappa shape index (κ2) is 8.43. The second-order valence-electron chi connectivity index (χ2n) is 6.29. The van der Waals surface area contributed by atoms with Gasteiger partial charge in [-0.2, -0.15) is 4.31 Å². The first kappa shape index (κ1) is 20.5. The average Bonchev–Trinajstić information content (AvgIpc) is 2.62. The molecule has 0 radical (unpaired) electrons. The Kier molecular flexibility index (Phi) is 6.40. The molecular weight excluding hydrogens is 414 g/mol. The summed E-state index contributed by atoms with van der Waals surface area (Å²) in [5, 5.41) is 10.4. The molecule has 1 atom stereocenters.